The minimum Gasteiger partial charge on any atom is -0.399 e. The van der Waals surface area contributed by atoms with E-state index < -0.39 is 0 Å². The molecule has 3 rings (SSSR count). The van der Waals surface area contributed by atoms with Gasteiger partial charge in [-0.25, -0.2) is 4.98 Å². The number of fused-ring (bicyclic) bond motifs is 1. The molecule has 0 fully saturated rings. The van der Waals surface area contributed by atoms with Crippen LogP contribution in [0.15, 0.2) is 48.8 Å². The summed E-state index contributed by atoms with van der Waals surface area (Å²) in [4.78, 5) is 4.30. The number of hydrogen-bond acceptors (Lipinski definition) is 3. The Labute approximate surface area is 104 Å². The monoisotopic (exact) mass is 234 g/mol. The van der Waals surface area contributed by atoms with Crippen molar-refractivity contribution in [2.45, 2.75) is 0 Å². The molecule has 0 bridgehead atoms. The Morgan fingerprint density at radius 2 is 2.00 bits per heavy atom. The number of rotatable bonds is 1. The number of benzene rings is 2. The van der Waals surface area contributed by atoms with E-state index in [0.717, 1.165) is 16.7 Å². The van der Waals surface area contributed by atoms with Gasteiger partial charge in [0, 0.05) is 5.69 Å². The molecule has 1 aromatic heterocycles. The van der Waals surface area contributed by atoms with Gasteiger partial charge in [-0.05, 0) is 30.3 Å². The van der Waals surface area contributed by atoms with Crippen molar-refractivity contribution in [1.82, 2.24) is 9.55 Å². The van der Waals surface area contributed by atoms with Crippen LogP contribution in [0.4, 0.5) is 5.69 Å². The Bertz CT molecular complexity index is 765. The smallest absolute Gasteiger partial charge is 0.101 e. The first-order valence-corrected chi connectivity index (χ1v) is 5.51. The number of anilines is 1. The summed E-state index contributed by atoms with van der Waals surface area (Å²) in [7, 11) is 0. The summed E-state index contributed by atoms with van der Waals surface area (Å²) >= 11 is 0. The highest BCUT2D eigenvalue weighted by Crippen LogP contribution is 2.22. The molecule has 4 heteroatoms. The fourth-order valence-electron chi connectivity index (χ4n) is 2.00. The minimum atomic E-state index is 0.619. The van der Waals surface area contributed by atoms with E-state index in [4.69, 9.17) is 11.0 Å². The van der Waals surface area contributed by atoms with Crippen LogP contribution in [-0.4, -0.2) is 9.55 Å². The van der Waals surface area contributed by atoms with Gasteiger partial charge < -0.3 is 5.73 Å². The summed E-state index contributed by atoms with van der Waals surface area (Å²) in [6, 6.07) is 15.2. The van der Waals surface area contributed by atoms with E-state index in [1.165, 1.54) is 0 Å². The molecular formula is C14H10N4. The maximum Gasteiger partial charge on any atom is 0.101 e. The first-order chi connectivity index (χ1) is 8.79. The molecule has 0 atom stereocenters. The van der Waals surface area contributed by atoms with Gasteiger partial charge in [0.05, 0.1) is 22.3 Å². The van der Waals surface area contributed by atoms with Crippen LogP contribution in [0, 0.1) is 11.3 Å². The third-order valence-electron chi connectivity index (χ3n) is 2.86. The Hall–Kier alpha value is -2.80. The lowest BCUT2D eigenvalue weighted by Crippen LogP contribution is -1.95. The maximum absolute atomic E-state index is 9.13. The quantitative estimate of drug-likeness (QED) is 0.658. The van der Waals surface area contributed by atoms with E-state index in [2.05, 4.69) is 11.1 Å². The zero-order chi connectivity index (χ0) is 12.5. The molecule has 86 valence electrons. The van der Waals surface area contributed by atoms with Crippen LogP contribution >= 0.6 is 0 Å². The van der Waals surface area contributed by atoms with Crippen LogP contribution < -0.4 is 5.73 Å². The molecule has 4 nitrogen and oxygen atoms in total. The van der Waals surface area contributed by atoms with Gasteiger partial charge in [0.2, 0.25) is 0 Å². The first-order valence-electron chi connectivity index (χ1n) is 5.51. The van der Waals surface area contributed by atoms with Crippen LogP contribution in [-0.2, 0) is 0 Å². The van der Waals surface area contributed by atoms with Crippen LogP contribution in [0.5, 0.6) is 0 Å². The summed E-state index contributed by atoms with van der Waals surface area (Å²) < 4.78 is 1.90. The summed E-state index contributed by atoms with van der Waals surface area (Å²) in [5.74, 6) is 0. The van der Waals surface area contributed by atoms with Crippen molar-refractivity contribution in [3.63, 3.8) is 0 Å². The molecule has 0 aliphatic rings. The predicted octanol–water partition coefficient (Wildman–Crippen LogP) is 2.48. The molecule has 0 radical (unpaired) electrons. The number of nitrogens with zero attached hydrogens (tertiary/aromatic N) is 3. The number of imidazole rings is 1. The number of nitrogen functional groups attached to an aromatic ring is 1. The molecule has 3 aromatic rings. The lowest BCUT2D eigenvalue weighted by Gasteiger charge is -2.06. The Morgan fingerprint density at radius 3 is 2.83 bits per heavy atom. The van der Waals surface area contributed by atoms with Crippen LogP contribution in [0.2, 0.25) is 0 Å². The topological polar surface area (TPSA) is 67.6 Å². The third kappa shape index (κ3) is 1.50. The fourth-order valence-corrected chi connectivity index (χ4v) is 2.00. The van der Waals surface area contributed by atoms with Gasteiger partial charge in [-0.3, -0.25) is 4.57 Å². The van der Waals surface area contributed by atoms with E-state index in [9.17, 15) is 0 Å². The molecule has 0 aliphatic carbocycles. The Morgan fingerprint density at radius 1 is 1.17 bits per heavy atom. The van der Waals surface area contributed by atoms with Gasteiger partial charge in [-0.1, -0.05) is 12.1 Å². The molecule has 18 heavy (non-hydrogen) atoms. The molecule has 0 spiro atoms. The van der Waals surface area contributed by atoms with Crippen molar-refractivity contribution >= 4 is 16.7 Å². The summed E-state index contributed by atoms with van der Waals surface area (Å²) in [6.07, 6.45) is 1.71. The standard InChI is InChI=1S/C14H10N4/c15-8-10-3-1-2-4-13(10)18-9-17-12-7-11(16)5-6-14(12)18/h1-7,9H,16H2. The van der Waals surface area contributed by atoms with Gasteiger partial charge in [0.25, 0.3) is 0 Å². The normalized spacial score (nSPS) is 10.4. The molecule has 1 heterocycles. The van der Waals surface area contributed by atoms with E-state index in [0.29, 0.717) is 11.3 Å². The zero-order valence-electron chi connectivity index (χ0n) is 9.54. The Balaban J connectivity index is 2.30. The van der Waals surface area contributed by atoms with E-state index in [1.807, 2.05) is 41.0 Å². The average Bonchev–Trinajstić information content (AvgIpc) is 2.81. The van der Waals surface area contributed by atoms with Crippen molar-refractivity contribution in [2.24, 2.45) is 0 Å². The number of nitriles is 1. The first kappa shape index (κ1) is 10.4. The minimum absolute atomic E-state index is 0.619. The average molecular weight is 234 g/mol. The second-order valence-corrected chi connectivity index (χ2v) is 3.99. The van der Waals surface area contributed by atoms with Crippen molar-refractivity contribution in [2.75, 3.05) is 5.73 Å². The van der Waals surface area contributed by atoms with E-state index in [-0.39, 0.29) is 0 Å². The lowest BCUT2D eigenvalue weighted by molar-refractivity contribution is 1.08. The molecule has 0 aliphatic heterocycles. The number of aromatic nitrogens is 2. The van der Waals surface area contributed by atoms with Crippen LogP contribution in [0.1, 0.15) is 5.56 Å². The summed E-state index contributed by atoms with van der Waals surface area (Å²) in [6.45, 7) is 0. The van der Waals surface area contributed by atoms with Crippen molar-refractivity contribution in [3.8, 4) is 11.8 Å². The maximum atomic E-state index is 9.13. The highest BCUT2D eigenvalue weighted by atomic mass is 15.0. The molecule has 0 unspecified atom stereocenters. The zero-order valence-corrected chi connectivity index (χ0v) is 9.54. The molecule has 0 amide bonds. The molecule has 0 saturated heterocycles. The van der Waals surface area contributed by atoms with E-state index >= 15 is 0 Å². The van der Waals surface area contributed by atoms with Gasteiger partial charge in [0.1, 0.15) is 12.4 Å². The van der Waals surface area contributed by atoms with Gasteiger partial charge in [-0.2, -0.15) is 5.26 Å². The second-order valence-electron chi connectivity index (χ2n) is 3.99. The van der Waals surface area contributed by atoms with Crippen molar-refractivity contribution in [3.05, 3.63) is 54.4 Å². The SMILES string of the molecule is N#Cc1ccccc1-n1cnc2cc(N)ccc21. The molecule has 0 saturated carbocycles. The van der Waals surface area contributed by atoms with E-state index in [1.54, 1.807) is 12.4 Å². The molecule has 2 aromatic carbocycles. The van der Waals surface area contributed by atoms with Gasteiger partial charge >= 0.3 is 0 Å². The largest absolute Gasteiger partial charge is 0.399 e. The van der Waals surface area contributed by atoms with Gasteiger partial charge in [-0.15, -0.1) is 0 Å². The van der Waals surface area contributed by atoms with Crippen molar-refractivity contribution < 1.29 is 0 Å². The highest BCUT2D eigenvalue weighted by molar-refractivity contribution is 5.81. The van der Waals surface area contributed by atoms with Gasteiger partial charge in [0.15, 0.2) is 0 Å². The molecular weight excluding hydrogens is 224 g/mol. The van der Waals surface area contributed by atoms with Crippen LogP contribution in [0.3, 0.4) is 0 Å². The third-order valence-corrected chi connectivity index (χ3v) is 2.86. The number of hydrogen-bond donors (Lipinski definition) is 1. The Kier molecular flexibility index (Phi) is 2.24. The number of nitrogens with two attached hydrogens (primary N) is 1. The lowest BCUT2D eigenvalue weighted by atomic mass is 10.2. The van der Waals surface area contributed by atoms with Crippen LogP contribution in [0.25, 0.3) is 16.7 Å². The second kappa shape index (κ2) is 3.90. The van der Waals surface area contributed by atoms with Crippen molar-refractivity contribution in [1.29, 1.82) is 5.26 Å². The molecule has 2 N–H and O–H groups in total. The summed E-state index contributed by atoms with van der Waals surface area (Å²) in [5.41, 5.74) is 9.61. The predicted molar refractivity (Wildman–Crippen MR) is 70.2 cm³/mol. The number of para-hydroxylation sites is 1. The summed E-state index contributed by atoms with van der Waals surface area (Å²) in [5, 5.41) is 9.13. The fraction of sp³-hybridized carbons (Fsp3) is 0. The highest BCUT2D eigenvalue weighted by Gasteiger charge is 2.08.